The van der Waals surface area contributed by atoms with Gasteiger partial charge in [0.1, 0.15) is 23.0 Å². The Hall–Kier alpha value is -2.95. The van der Waals surface area contributed by atoms with Crippen molar-refractivity contribution in [3.8, 4) is 23.0 Å². The Bertz CT molecular complexity index is 727. The van der Waals surface area contributed by atoms with Crippen molar-refractivity contribution in [1.29, 1.82) is 0 Å². The van der Waals surface area contributed by atoms with E-state index in [-0.39, 0.29) is 5.78 Å². The van der Waals surface area contributed by atoms with Crippen molar-refractivity contribution in [3.05, 3.63) is 53.6 Å². The molecule has 0 atom stereocenters. The lowest BCUT2D eigenvalue weighted by molar-refractivity contribution is 0.104. The minimum Gasteiger partial charge on any atom is -0.497 e. The van der Waals surface area contributed by atoms with Crippen molar-refractivity contribution in [3.63, 3.8) is 0 Å². The number of methoxy groups -OCH3 is 4. The van der Waals surface area contributed by atoms with Crippen LogP contribution in [0.5, 0.6) is 23.0 Å². The fourth-order valence-electron chi connectivity index (χ4n) is 2.17. The number of carbonyl (C=O) groups is 1. The lowest BCUT2D eigenvalue weighted by atomic mass is 10.1. The van der Waals surface area contributed by atoms with Gasteiger partial charge in [0.25, 0.3) is 0 Å². The molecule has 0 heterocycles. The molecular formula is C19H20O5. The van der Waals surface area contributed by atoms with E-state index < -0.39 is 0 Å². The standard InChI is InChI=1S/C19H20O5/c1-21-15-7-5-13(19(12-15)24-4)6-8-18(20)14-9-16(22-2)11-17(10-14)23-3/h5-12H,1-4H3/b8-6+. The maximum Gasteiger partial charge on any atom is 0.186 e. The summed E-state index contributed by atoms with van der Waals surface area (Å²) in [4.78, 5) is 12.4. The first-order chi connectivity index (χ1) is 11.6. The highest BCUT2D eigenvalue weighted by Gasteiger charge is 2.08. The molecule has 2 rings (SSSR count). The lowest BCUT2D eigenvalue weighted by Gasteiger charge is -2.08. The normalized spacial score (nSPS) is 10.5. The third-order valence-corrected chi connectivity index (χ3v) is 3.49. The molecule has 0 unspecified atom stereocenters. The predicted molar refractivity (Wildman–Crippen MR) is 92.5 cm³/mol. The van der Waals surface area contributed by atoms with E-state index in [1.807, 2.05) is 6.07 Å². The zero-order valence-corrected chi connectivity index (χ0v) is 14.2. The molecule has 0 fully saturated rings. The zero-order chi connectivity index (χ0) is 17.5. The average Bonchev–Trinajstić information content (AvgIpc) is 2.65. The van der Waals surface area contributed by atoms with Gasteiger partial charge >= 0.3 is 0 Å². The molecule has 0 N–H and O–H groups in total. The maximum atomic E-state index is 12.4. The molecule has 0 amide bonds. The molecule has 5 nitrogen and oxygen atoms in total. The predicted octanol–water partition coefficient (Wildman–Crippen LogP) is 3.62. The van der Waals surface area contributed by atoms with Gasteiger partial charge in [-0.05, 0) is 36.4 Å². The van der Waals surface area contributed by atoms with Gasteiger partial charge in [0.05, 0.1) is 28.4 Å². The molecule has 0 bridgehead atoms. The topological polar surface area (TPSA) is 54.0 Å². The largest absolute Gasteiger partial charge is 0.497 e. The summed E-state index contributed by atoms with van der Waals surface area (Å²) in [6.45, 7) is 0. The summed E-state index contributed by atoms with van der Waals surface area (Å²) in [7, 11) is 6.24. The third kappa shape index (κ3) is 4.07. The van der Waals surface area contributed by atoms with Crippen LogP contribution in [-0.2, 0) is 0 Å². The van der Waals surface area contributed by atoms with Gasteiger partial charge in [-0.3, -0.25) is 4.79 Å². The van der Waals surface area contributed by atoms with Crippen LogP contribution in [-0.4, -0.2) is 34.2 Å². The molecule has 126 valence electrons. The molecule has 0 aliphatic rings. The van der Waals surface area contributed by atoms with Crippen LogP contribution in [0.4, 0.5) is 0 Å². The summed E-state index contributed by atoms with van der Waals surface area (Å²) < 4.78 is 20.8. The summed E-state index contributed by atoms with van der Waals surface area (Å²) in [6.07, 6.45) is 3.19. The second-order valence-corrected chi connectivity index (χ2v) is 4.91. The van der Waals surface area contributed by atoms with E-state index in [0.29, 0.717) is 28.6 Å². The Balaban J connectivity index is 2.27. The van der Waals surface area contributed by atoms with E-state index in [2.05, 4.69) is 0 Å². The van der Waals surface area contributed by atoms with Crippen molar-refractivity contribution >= 4 is 11.9 Å². The summed E-state index contributed by atoms with van der Waals surface area (Å²) in [5, 5.41) is 0. The second kappa shape index (κ2) is 8.06. The first-order valence-electron chi connectivity index (χ1n) is 7.28. The Kier molecular flexibility index (Phi) is 5.84. The lowest BCUT2D eigenvalue weighted by Crippen LogP contribution is -1.97. The number of ketones is 1. The van der Waals surface area contributed by atoms with Crippen molar-refractivity contribution in [2.45, 2.75) is 0 Å². The van der Waals surface area contributed by atoms with E-state index in [1.54, 1.807) is 64.8 Å². The van der Waals surface area contributed by atoms with Gasteiger partial charge in [0.15, 0.2) is 5.78 Å². The van der Waals surface area contributed by atoms with Crippen LogP contribution in [0.25, 0.3) is 6.08 Å². The number of benzene rings is 2. The van der Waals surface area contributed by atoms with Crippen LogP contribution in [0.1, 0.15) is 15.9 Å². The van der Waals surface area contributed by atoms with Gasteiger partial charge in [-0.15, -0.1) is 0 Å². The quantitative estimate of drug-likeness (QED) is 0.574. The van der Waals surface area contributed by atoms with Crippen LogP contribution < -0.4 is 18.9 Å². The number of hydrogen-bond acceptors (Lipinski definition) is 5. The van der Waals surface area contributed by atoms with Gasteiger partial charge in [0, 0.05) is 23.3 Å². The Labute approximate surface area is 141 Å². The minimum absolute atomic E-state index is 0.162. The summed E-state index contributed by atoms with van der Waals surface area (Å²) in [5.41, 5.74) is 1.26. The molecule has 5 heteroatoms. The van der Waals surface area contributed by atoms with Crippen molar-refractivity contribution in [2.24, 2.45) is 0 Å². The summed E-state index contributed by atoms with van der Waals surface area (Å²) in [5.74, 6) is 2.28. The van der Waals surface area contributed by atoms with Crippen LogP contribution in [0, 0.1) is 0 Å². The van der Waals surface area contributed by atoms with Crippen LogP contribution in [0.2, 0.25) is 0 Å². The molecule has 0 saturated heterocycles. The molecule has 0 aliphatic carbocycles. The van der Waals surface area contributed by atoms with Crippen molar-refractivity contribution in [2.75, 3.05) is 28.4 Å². The number of allylic oxidation sites excluding steroid dienone is 1. The summed E-state index contributed by atoms with van der Waals surface area (Å²) >= 11 is 0. The van der Waals surface area contributed by atoms with Gasteiger partial charge in [-0.1, -0.05) is 0 Å². The smallest absolute Gasteiger partial charge is 0.186 e. The third-order valence-electron chi connectivity index (χ3n) is 3.49. The SMILES string of the molecule is COc1cc(OC)cc(C(=O)/C=C/c2ccc(OC)cc2OC)c1. The fraction of sp³-hybridized carbons (Fsp3) is 0.211. The molecule has 0 spiro atoms. The molecule has 0 radical (unpaired) electrons. The van der Waals surface area contributed by atoms with Crippen LogP contribution in [0.3, 0.4) is 0 Å². The van der Waals surface area contributed by atoms with Gasteiger partial charge in [-0.2, -0.15) is 0 Å². The van der Waals surface area contributed by atoms with E-state index in [0.717, 1.165) is 5.56 Å². The van der Waals surface area contributed by atoms with Crippen molar-refractivity contribution < 1.29 is 23.7 Å². The monoisotopic (exact) mass is 328 g/mol. The first-order valence-corrected chi connectivity index (χ1v) is 7.28. The molecular weight excluding hydrogens is 308 g/mol. The van der Waals surface area contributed by atoms with E-state index in [9.17, 15) is 4.79 Å². The average molecular weight is 328 g/mol. The Morgan fingerprint density at radius 1 is 0.792 bits per heavy atom. The van der Waals surface area contributed by atoms with Gasteiger partial charge < -0.3 is 18.9 Å². The number of carbonyl (C=O) groups excluding carboxylic acids is 1. The number of rotatable bonds is 7. The number of ether oxygens (including phenoxy) is 4. The Morgan fingerprint density at radius 2 is 1.42 bits per heavy atom. The van der Waals surface area contributed by atoms with E-state index >= 15 is 0 Å². The fourth-order valence-corrected chi connectivity index (χ4v) is 2.17. The van der Waals surface area contributed by atoms with E-state index in [1.165, 1.54) is 6.08 Å². The van der Waals surface area contributed by atoms with Crippen molar-refractivity contribution in [1.82, 2.24) is 0 Å². The van der Waals surface area contributed by atoms with Gasteiger partial charge in [-0.25, -0.2) is 0 Å². The van der Waals surface area contributed by atoms with Crippen LogP contribution in [0.15, 0.2) is 42.5 Å². The first kappa shape index (κ1) is 17.4. The molecule has 24 heavy (non-hydrogen) atoms. The molecule has 0 saturated carbocycles. The Morgan fingerprint density at radius 3 is 1.96 bits per heavy atom. The van der Waals surface area contributed by atoms with Crippen LogP contribution >= 0.6 is 0 Å². The molecule has 2 aromatic rings. The van der Waals surface area contributed by atoms with E-state index in [4.69, 9.17) is 18.9 Å². The number of hydrogen-bond donors (Lipinski definition) is 0. The second-order valence-electron chi connectivity index (χ2n) is 4.91. The van der Waals surface area contributed by atoms with Gasteiger partial charge in [0.2, 0.25) is 0 Å². The maximum absolute atomic E-state index is 12.4. The summed E-state index contributed by atoms with van der Waals surface area (Å²) in [6, 6.07) is 10.4. The molecule has 0 aliphatic heterocycles. The highest BCUT2D eigenvalue weighted by molar-refractivity contribution is 6.07. The molecule has 0 aromatic heterocycles. The minimum atomic E-state index is -0.162. The molecule has 2 aromatic carbocycles. The zero-order valence-electron chi connectivity index (χ0n) is 14.2. The highest BCUT2D eigenvalue weighted by Crippen LogP contribution is 2.26. The highest BCUT2D eigenvalue weighted by atomic mass is 16.5.